The van der Waals surface area contributed by atoms with E-state index in [1.807, 2.05) is 0 Å². The van der Waals surface area contributed by atoms with Gasteiger partial charge < -0.3 is 15.9 Å². The summed E-state index contributed by atoms with van der Waals surface area (Å²) in [6, 6.07) is 0. The van der Waals surface area contributed by atoms with Crippen LogP contribution in [0.2, 0.25) is 0 Å². The van der Waals surface area contributed by atoms with Gasteiger partial charge in [0.2, 0.25) is 0 Å². The molecule has 3 rings (SSSR count). The molecule has 0 unspecified atom stereocenters. The third-order valence-electron chi connectivity index (χ3n) is 6.31. The summed E-state index contributed by atoms with van der Waals surface area (Å²) >= 11 is 0. The molecule has 0 aromatic rings. The van der Waals surface area contributed by atoms with E-state index in [0.29, 0.717) is 0 Å². The summed E-state index contributed by atoms with van der Waals surface area (Å²) in [6.45, 7) is 2.27. The maximum atomic E-state index is 12.4. The maximum Gasteiger partial charge on any atom is 0.309 e. The Morgan fingerprint density at radius 3 is 1.62 bits per heavy atom. The fraction of sp³-hybridized carbons (Fsp3) is 0.857. The van der Waals surface area contributed by atoms with E-state index >= 15 is 0 Å². The summed E-state index contributed by atoms with van der Waals surface area (Å²) in [5, 5.41) is 0. The van der Waals surface area contributed by atoms with Crippen LogP contribution in [0.15, 0.2) is 0 Å². The van der Waals surface area contributed by atoms with Crippen molar-refractivity contribution in [2.45, 2.75) is 96.2 Å². The quantitative estimate of drug-likeness (QED) is 0.343. The van der Waals surface area contributed by atoms with Gasteiger partial charge in [0, 0.05) is 0 Å². The van der Waals surface area contributed by atoms with Crippen LogP contribution in [0.4, 0.5) is 0 Å². The molecule has 144 valence electrons. The Bertz CT molecular complexity index is 445. The number of esters is 2. The molecule has 4 nitrogen and oxygen atoms in total. The summed E-state index contributed by atoms with van der Waals surface area (Å²) in [5.41, 5.74) is 0. The van der Waals surface area contributed by atoms with Crippen LogP contribution < -0.4 is 0 Å². The van der Waals surface area contributed by atoms with Gasteiger partial charge in [0.05, 0.1) is 11.8 Å². The molecule has 0 saturated heterocycles. The normalized spacial score (nSPS) is 33.0. The number of hydrogen-bond donors (Lipinski definition) is 0. The number of hydrogen-bond acceptors (Lipinski definition) is 4. The largest absolute Gasteiger partial charge is 0.462 e. The Hall–Kier alpha value is -2.06. The maximum absolute atomic E-state index is 12.4. The van der Waals surface area contributed by atoms with Crippen molar-refractivity contribution in [1.29, 1.82) is 0 Å². The molecule has 0 aliphatic heterocycles. The molecule has 0 heterocycles. The predicted octanol–water partition coefficient (Wildman–Crippen LogP) is 4.60. The Kier molecular flexibility index (Phi) is 7.47. The van der Waals surface area contributed by atoms with Gasteiger partial charge in [-0.3, -0.25) is 9.59 Å². The zero-order chi connectivity index (χ0) is 17.6. The summed E-state index contributed by atoms with van der Waals surface area (Å²) in [4.78, 5) is 24.6. The van der Waals surface area contributed by atoms with Crippen molar-refractivity contribution in [3.63, 3.8) is 0 Å². The van der Waals surface area contributed by atoms with E-state index in [-0.39, 0.29) is 36.0 Å². The molecule has 3 aliphatic carbocycles. The second-order valence-electron chi connectivity index (χ2n) is 8.37. The molecule has 3 fully saturated rings. The second-order valence-corrected chi connectivity index (χ2v) is 8.37. The molecular weight excluding hydrogens is 583 g/mol. The molecule has 0 aromatic heterocycles. The van der Waals surface area contributed by atoms with Crippen molar-refractivity contribution >= 4 is 11.9 Å². The van der Waals surface area contributed by atoms with E-state index in [1.54, 1.807) is 0 Å². The van der Waals surface area contributed by atoms with E-state index in [2.05, 4.69) is 13.3 Å². The van der Waals surface area contributed by atoms with Crippen molar-refractivity contribution in [3.05, 3.63) is 6.42 Å². The van der Waals surface area contributed by atoms with Gasteiger partial charge in [0.25, 0.3) is 0 Å². The van der Waals surface area contributed by atoms with Gasteiger partial charge in [-0.15, -0.1) is 0 Å². The Morgan fingerprint density at radius 1 is 0.692 bits per heavy atom. The van der Waals surface area contributed by atoms with Crippen molar-refractivity contribution in [2.75, 3.05) is 0 Å². The standard InChI is InChI=1S/C21H33O4.Rf/c1-15-7-11-18(12-8-15)24-21(23)17-9-13-19(14-10-17)25-20(22)16-5-3-2-4-6-16;/h2,15-19H,3-14H2,1H3;/q-1;. The Labute approximate surface area is 152 Å². The second kappa shape index (κ2) is 9.59. The Morgan fingerprint density at radius 2 is 1.12 bits per heavy atom. The van der Waals surface area contributed by atoms with Gasteiger partial charge in [-0.05, 0) is 57.3 Å². The molecule has 3 aliphatic rings. The monoisotopic (exact) mass is 616 g/mol. The smallest absolute Gasteiger partial charge is 0.309 e. The minimum atomic E-state index is -0.0212. The average molecular weight is 616 g/mol. The van der Waals surface area contributed by atoms with Gasteiger partial charge >= 0.3 is 11.9 Å². The summed E-state index contributed by atoms with van der Waals surface area (Å²) in [7, 11) is 0. The van der Waals surface area contributed by atoms with E-state index in [0.717, 1.165) is 70.1 Å². The third-order valence-corrected chi connectivity index (χ3v) is 6.31. The molecule has 0 radical (unpaired) electrons. The zero-order valence-electron chi connectivity index (χ0n) is 16.3. The number of ether oxygens (including phenoxy) is 2. The van der Waals surface area contributed by atoms with Crippen LogP contribution in [0.5, 0.6) is 0 Å². The first-order valence-electron chi connectivity index (χ1n) is 10.3. The van der Waals surface area contributed by atoms with Crippen molar-refractivity contribution in [3.8, 4) is 0 Å². The summed E-state index contributed by atoms with van der Waals surface area (Å²) in [5.74, 6) is 0.810. The molecular formula is C21H33O4Rf-. The molecule has 0 atom stereocenters. The van der Waals surface area contributed by atoms with Gasteiger partial charge in [-0.2, -0.15) is 12.8 Å². The minimum absolute atomic E-state index is 0. The van der Waals surface area contributed by atoms with Crippen molar-refractivity contribution in [2.24, 2.45) is 17.8 Å². The molecule has 26 heavy (non-hydrogen) atoms. The van der Waals surface area contributed by atoms with Gasteiger partial charge in [-0.1, -0.05) is 19.8 Å². The number of carbonyl (C=O) groups is 2. The fourth-order valence-corrected chi connectivity index (χ4v) is 4.45. The predicted molar refractivity (Wildman–Crippen MR) is 95.6 cm³/mol. The van der Waals surface area contributed by atoms with Crippen LogP contribution in [-0.4, -0.2) is 24.1 Å². The first kappa shape index (κ1) is 20.3. The molecule has 3 saturated carbocycles. The number of carbonyl (C=O) groups excluding carboxylic acids is 2. The topological polar surface area (TPSA) is 52.6 Å². The molecule has 0 bridgehead atoms. The average Bonchev–Trinajstić information content (AvgIpc) is 2.65. The van der Waals surface area contributed by atoms with Crippen molar-refractivity contribution in [1.82, 2.24) is 0 Å². The van der Waals surface area contributed by atoms with Crippen LogP contribution >= 0.6 is 0 Å². The van der Waals surface area contributed by atoms with Crippen molar-refractivity contribution < 1.29 is 19.1 Å². The summed E-state index contributed by atoms with van der Waals surface area (Å²) in [6.07, 6.45) is 13.8. The van der Waals surface area contributed by atoms with E-state index in [4.69, 9.17) is 9.47 Å². The number of rotatable bonds is 4. The van der Waals surface area contributed by atoms with E-state index in [9.17, 15) is 9.59 Å². The minimum Gasteiger partial charge on any atom is -0.462 e. The third kappa shape index (κ3) is 5.47. The molecule has 0 amide bonds. The summed E-state index contributed by atoms with van der Waals surface area (Å²) < 4.78 is 11.5. The van der Waals surface area contributed by atoms with Crippen LogP contribution in [-0.2, 0) is 19.1 Å². The molecule has 0 spiro atoms. The van der Waals surface area contributed by atoms with E-state index in [1.165, 1.54) is 12.8 Å². The SMILES string of the molecule is CC1CCC(OC(=O)C2CCC(OC(=O)C3CC[CH-]CC3)CC2)CC1.[Rf]. The first-order valence-corrected chi connectivity index (χ1v) is 10.3. The van der Waals surface area contributed by atoms with Gasteiger partial charge in [0.1, 0.15) is 12.2 Å². The molecule has 0 N–H and O–H groups in total. The fourth-order valence-electron chi connectivity index (χ4n) is 4.45. The van der Waals surface area contributed by atoms with Crippen LogP contribution in [0.3, 0.4) is 0 Å². The first-order chi connectivity index (χ1) is 12.1. The molecule has 5 heteroatoms. The Balaban J connectivity index is 0.00000243. The van der Waals surface area contributed by atoms with Gasteiger partial charge in [-0.25, -0.2) is 0 Å². The van der Waals surface area contributed by atoms with Gasteiger partial charge in [0.15, 0.2) is 0 Å². The van der Waals surface area contributed by atoms with E-state index < -0.39 is 0 Å². The zero-order valence-corrected chi connectivity index (χ0v) is 22.7. The van der Waals surface area contributed by atoms with Crippen LogP contribution in [0.25, 0.3) is 0 Å². The van der Waals surface area contributed by atoms with Crippen LogP contribution in [0, 0.1) is 24.2 Å². The van der Waals surface area contributed by atoms with Crippen LogP contribution in [0.1, 0.15) is 84.0 Å². The molecule has 0 aromatic carbocycles.